The Morgan fingerprint density at radius 3 is 2.11 bits per heavy atom. The molecule has 3 aromatic carbocycles. The summed E-state index contributed by atoms with van der Waals surface area (Å²) in [7, 11) is -4.46. The van der Waals surface area contributed by atoms with E-state index in [-0.39, 0.29) is 55.0 Å². The summed E-state index contributed by atoms with van der Waals surface area (Å²) in [6.07, 6.45) is -0.750. The summed E-state index contributed by atoms with van der Waals surface area (Å²) in [6.45, 7) is 10.5. The van der Waals surface area contributed by atoms with Crippen LogP contribution in [-0.2, 0) is 24.3 Å². The minimum atomic E-state index is -4.46. The number of carbonyl (C=O) groups is 3. The van der Waals surface area contributed by atoms with Crippen molar-refractivity contribution in [1.82, 2.24) is 3.97 Å². The van der Waals surface area contributed by atoms with Gasteiger partial charge in [0, 0.05) is 21.5 Å². The number of nitrogens with one attached hydrogen (secondary N) is 2. The molecule has 44 heavy (non-hydrogen) atoms. The van der Waals surface area contributed by atoms with Crippen LogP contribution in [-0.4, -0.2) is 42.6 Å². The molecule has 13 heteroatoms. The standard InChI is InChI=1S/C31H29Cl2N3O7S/c1-6-42-29(38)27-25(18(2)28(37)34-22-14-10-11-15-23(22)35-30(39)43-31(3,4)5)26-21(33)16-19(32)17-24(26)36(27)44(40,41)20-12-8-7-9-13-20/h7-17H,2,6H2,1,3-5H3,(H,34,37)(H,35,39). The highest BCUT2D eigenvalue weighted by molar-refractivity contribution is 7.90. The minimum Gasteiger partial charge on any atom is -0.461 e. The van der Waals surface area contributed by atoms with Gasteiger partial charge in [0.15, 0.2) is 5.69 Å². The van der Waals surface area contributed by atoms with Gasteiger partial charge >= 0.3 is 12.1 Å². The molecule has 0 aliphatic heterocycles. The summed E-state index contributed by atoms with van der Waals surface area (Å²) in [5.74, 6) is -1.86. The van der Waals surface area contributed by atoms with E-state index in [1.165, 1.54) is 42.5 Å². The first-order chi connectivity index (χ1) is 20.7. The number of hydrogen-bond donors (Lipinski definition) is 2. The SMILES string of the molecule is C=C(C(=O)Nc1ccccc1NC(=O)OC(C)(C)C)c1c(C(=O)OCC)n(S(=O)(=O)c2ccccc2)c2cc(Cl)cc(Cl)c12. The molecule has 1 aromatic heterocycles. The van der Waals surface area contributed by atoms with Gasteiger partial charge in [0.05, 0.1) is 33.4 Å². The third kappa shape index (κ3) is 6.75. The van der Waals surface area contributed by atoms with Crippen LogP contribution in [0.1, 0.15) is 43.7 Å². The number of ether oxygens (including phenoxy) is 2. The van der Waals surface area contributed by atoms with Crippen LogP contribution < -0.4 is 10.6 Å². The van der Waals surface area contributed by atoms with Crippen molar-refractivity contribution < 1.29 is 32.3 Å². The highest BCUT2D eigenvalue weighted by Gasteiger charge is 2.35. The number of anilines is 2. The lowest BCUT2D eigenvalue weighted by atomic mass is 10.0. The Morgan fingerprint density at radius 1 is 0.932 bits per heavy atom. The van der Waals surface area contributed by atoms with Crippen LogP contribution in [0.5, 0.6) is 0 Å². The molecule has 10 nitrogen and oxygen atoms in total. The van der Waals surface area contributed by atoms with Crippen molar-refractivity contribution in [1.29, 1.82) is 0 Å². The Hall–Kier alpha value is -4.32. The molecule has 0 saturated carbocycles. The van der Waals surface area contributed by atoms with Gasteiger partial charge < -0.3 is 14.8 Å². The number of benzene rings is 3. The Bertz CT molecular complexity index is 1900. The highest BCUT2D eigenvalue weighted by Crippen LogP contribution is 2.40. The molecular weight excluding hydrogens is 629 g/mol. The van der Waals surface area contributed by atoms with Gasteiger partial charge in [-0.25, -0.2) is 22.0 Å². The fraction of sp³-hybridized carbons (Fsp3) is 0.194. The molecule has 230 valence electrons. The molecule has 0 aliphatic rings. The maximum Gasteiger partial charge on any atom is 0.412 e. The van der Waals surface area contributed by atoms with Crippen LogP contribution in [0, 0.1) is 0 Å². The quantitative estimate of drug-likeness (QED) is 0.149. The fourth-order valence-corrected chi connectivity index (χ4v) is 6.46. The maximum atomic E-state index is 14.0. The molecule has 0 bridgehead atoms. The van der Waals surface area contributed by atoms with Crippen LogP contribution in [0.15, 0.2) is 78.2 Å². The third-order valence-corrected chi connectivity index (χ3v) is 8.32. The Balaban J connectivity index is 1.89. The van der Waals surface area contributed by atoms with Crippen LogP contribution in [0.2, 0.25) is 10.0 Å². The third-order valence-electron chi connectivity index (χ3n) is 6.08. The van der Waals surface area contributed by atoms with E-state index in [0.717, 1.165) is 3.97 Å². The van der Waals surface area contributed by atoms with Crippen LogP contribution >= 0.6 is 23.2 Å². The van der Waals surface area contributed by atoms with Crippen molar-refractivity contribution in [2.24, 2.45) is 0 Å². The predicted octanol–water partition coefficient (Wildman–Crippen LogP) is 7.36. The van der Waals surface area contributed by atoms with Crippen LogP contribution in [0.25, 0.3) is 16.5 Å². The van der Waals surface area contributed by atoms with Gasteiger partial charge in [-0.2, -0.15) is 0 Å². The van der Waals surface area contributed by atoms with E-state index in [2.05, 4.69) is 17.2 Å². The molecule has 0 aliphatic carbocycles. The molecule has 0 fully saturated rings. The molecule has 4 aromatic rings. The fourth-order valence-electron chi connectivity index (χ4n) is 4.36. The zero-order valence-electron chi connectivity index (χ0n) is 24.2. The highest BCUT2D eigenvalue weighted by atomic mass is 35.5. The second kappa shape index (κ2) is 12.7. The number of nitrogens with zero attached hydrogens (tertiary/aromatic N) is 1. The van der Waals surface area contributed by atoms with Crippen molar-refractivity contribution in [2.75, 3.05) is 17.2 Å². The van der Waals surface area contributed by atoms with Crippen molar-refractivity contribution in [3.05, 3.63) is 94.6 Å². The molecule has 1 heterocycles. The van der Waals surface area contributed by atoms with Gasteiger partial charge in [0.2, 0.25) is 0 Å². The molecule has 2 N–H and O–H groups in total. The lowest BCUT2D eigenvalue weighted by Crippen LogP contribution is -2.27. The van der Waals surface area contributed by atoms with Gasteiger partial charge in [-0.1, -0.05) is 60.1 Å². The normalized spacial score (nSPS) is 11.6. The largest absolute Gasteiger partial charge is 0.461 e. The molecule has 0 spiro atoms. The number of rotatable bonds is 8. The first-order valence-electron chi connectivity index (χ1n) is 13.3. The van der Waals surface area contributed by atoms with Crippen molar-refractivity contribution in [3.8, 4) is 0 Å². The number of para-hydroxylation sites is 2. The van der Waals surface area contributed by atoms with E-state index in [4.69, 9.17) is 32.7 Å². The van der Waals surface area contributed by atoms with Crippen molar-refractivity contribution in [2.45, 2.75) is 38.2 Å². The Labute approximate surface area is 264 Å². The average molecular weight is 659 g/mol. The number of esters is 1. The van der Waals surface area contributed by atoms with Gasteiger partial charge in [0.25, 0.3) is 15.9 Å². The van der Waals surface area contributed by atoms with E-state index in [1.807, 2.05) is 0 Å². The number of fused-ring (bicyclic) bond motifs is 1. The summed E-state index contributed by atoms with van der Waals surface area (Å²) in [4.78, 5) is 39.5. The average Bonchev–Trinajstić information content (AvgIpc) is 3.29. The second-order valence-corrected chi connectivity index (χ2v) is 13.0. The number of halogens is 2. The van der Waals surface area contributed by atoms with Crippen molar-refractivity contribution >= 4 is 79.0 Å². The van der Waals surface area contributed by atoms with E-state index >= 15 is 0 Å². The summed E-state index contributed by atoms with van der Waals surface area (Å²) in [6, 6.07) is 16.4. The maximum absolute atomic E-state index is 14.0. The number of aromatic nitrogens is 1. The molecular formula is C31H29Cl2N3O7S. The number of carbonyl (C=O) groups excluding carboxylic acids is 3. The van der Waals surface area contributed by atoms with Gasteiger partial charge in [-0.15, -0.1) is 0 Å². The summed E-state index contributed by atoms with van der Waals surface area (Å²) < 4.78 is 39.4. The molecule has 0 saturated heterocycles. The first kappa shape index (κ1) is 32.6. The molecule has 0 radical (unpaired) electrons. The van der Waals surface area contributed by atoms with E-state index in [1.54, 1.807) is 52.0 Å². The van der Waals surface area contributed by atoms with E-state index < -0.39 is 39.3 Å². The molecule has 2 amide bonds. The van der Waals surface area contributed by atoms with Gasteiger partial charge in [-0.05, 0) is 64.1 Å². The lowest BCUT2D eigenvalue weighted by Gasteiger charge is -2.20. The monoisotopic (exact) mass is 657 g/mol. The summed E-state index contributed by atoms with van der Waals surface area (Å²) >= 11 is 12.9. The first-order valence-corrected chi connectivity index (χ1v) is 15.5. The van der Waals surface area contributed by atoms with Crippen LogP contribution in [0.3, 0.4) is 0 Å². The van der Waals surface area contributed by atoms with Gasteiger partial charge in [-0.3, -0.25) is 10.1 Å². The van der Waals surface area contributed by atoms with Crippen molar-refractivity contribution in [3.63, 3.8) is 0 Å². The molecule has 0 atom stereocenters. The lowest BCUT2D eigenvalue weighted by molar-refractivity contribution is -0.111. The molecule has 0 unspecified atom stereocenters. The smallest absolute Gasteiger partial charge is 0.412 e. The Kier molecular flexibility index (Phi) is 9.43. The number of amides is 2. The summed E-state index contributed by atoms with van der Waals surface area (Å²) in [5.41, 5.74) is -1.41. The van der Waals surface area contributed by atoms with Crippen LogP contribution in [0.4, 0.5) is 16.2 Å². The topological polar surface area (TPSA) is 133 Å². The predicted molar refractivity (Wildman–Crippen MR) is 171 cm³/mol. The zero-order valence-corrected chi connectivity index (χ0v) is 26.6. The number of hydrogen-bond acceptors (Lipinski definition) is 7. The second-order valence-electron chi connectivity index (χ2n) is 10.4. The summed E-state index contributed by atoms with van der Waals surface area (Å²) in [5, 5.41) is 5.34. The minimum absolute atomic E-state index is 0.0315. The Morgan fingerprint density at radius 2 is 1.52 bits per heavy atom. The molecule has 4 rings (SSSR count). The van der Waals surface area contributed by atoms with E-state index in [0.29, 0.717) is 0 Å². The van der Waals surface area contributed by atoms with E-state index in [9.17, 15) is 22.8 Å². The zero-order chi connectivity index (χ0) is 32.4. The van der Waals surface area contributed by atoms with Gasteiger partial charge in [0.1, 0.15) is 5.60 Å².